The summed E-state index contributed by atoms with van der Waals surface area (Å²) < 4.78 is 0. The summed E-state index contributed by atoms with van der Waals surface area (Å²) in [7, 11) is 1.77. The molecule has 69 valence electrons. The molecule has 0 spiro atoms. The molecule has 2 rings (SSSR count). The van der Waals surface area contributed by atoms with Crippen LogP contribution in [0, 0.1) is 10.8 Å². The third kappa shape index (κ3) is 1.10. The van der Waals surface area contributed by atoms with Gasteiger partial charge in [0.1, 0.15) is 5.82 Å². The van der Waals surface area contributed by atoms with E-state index in [2.05, 4.69) is 10.6 Å². The fourth-order valence-corrected chi connectivity index (χ4v) is 1.37. The fourth-order valence-electron chi connectivity index (χ4n) is 1.37. The first-order valence-electron chi connectivity index (χ1n) is 4.03. The van der Waals surface area contributed by atoms with Gasteiger partial charge in [-0.15, -0.1) is 0 Å². The lowest BCUT2D eigenvalue weighted by atomic mass is 10.5. The molecule has 0 aromatic heterocycles. The summed E-state index contributed by atoms with van der Waals surface area (Å²) in [6.45, 7) is 1.54. The van der Waals surface area contributed by atoms with Crippen molar-refractivity contribution in [1.82, 2.24) is 20.4 Å². The van der Waals surface area contributed by atoms with Crippen molar-refractivity contribution >= 4 is 11.9 Å². The van der Waals surface area contributed by atoms with Gasteiger partial charge in [-0.05, 0) is 0 Å². The standard InChI is InChI=1S/C7H11N6/c1-12-5(4-11-6(12)8)13-3-2-10-7(13)9/h4,8H,2-3H2,1H3,(H2,9,10). The van der Waals surface area contributed by atoms with Crippen LogP contribution < -0.4 is 10.6 Å². The Hall–Kier alpha value is -1.72. The van der Waals surface area contributed by atoms with Crippen molar-refractivity contribution < 1.29 is 0 Å². The number of nitrogens with zero attached hydrogens (tertiary/aromatic N) is 3. The van der Waals surface area contributed by atoms with Gasteiger partial charge in [0, 0.05) is 20.1 Å². The van der Waals surface area contributed by atoms with Crippen LogP contribution in [0.1, 0.15) is 0 Å². The van der Waals surface area contributed by atoms with Gasteiger partial charge in [-0.25, -0.2) is 5.32 Å². The zero-order chi connectivity index (χ0) is 9.42. The molecule has 0 aromatic carbocycles. The molecule has 0 bridgehead atoms. The van der Waals surface area contributed by atoms with E-state index < -0.39 is 0 Å². The van der Waals surface area contributed by atoms with Gasteiger partial charge in [-0.1, -0.05) is 0 Å². The Kier molecular flexibility index (Phi) is 1.61. The van der Waals surface area contributed by atoms with Gasteiger partial charge in [0.15, 0.2) is 5.96 Å². The van der Waals surface area contributed by atoms with Crippen molar-refractivity contribution in [3.8, 4) is 0 Å². The van der Waals surface area contributed by atoms with Crippen LogP contribution in [0.2, 0.25) is 0 Å². The molecule has 2 aliphatic heterocycles. The molecule has 2 heterocycles. The predicted molar refractivity (Wildman–Crippen MR) is 48.1 cm³/mol. The average molecular weight is 179 g/mol. The Morgan fingerprint density at radius 2 is 2.31 bits per heavy atom. The minimum atomic E-state index is 0.217. The number of hydrogen-bond acceptors (Lipinski definition) is 2. The molecule has 3 N–H and O–H groups in total. The summed E-state index contributed by atoms with van der Waals surface area (Å²) in [6.07, 6.45) is 1.61. The normalized spacial score (nSPS) is 21.8. The SMILES string of the molecule is CN1C(=N)[N]C=C1N1CCNC1=N. The van der Waals surface area contributed by atoms with Gasteiger partial charge >= 0.3 is 0 Å². The highest BCUT2D eigenvalue weighted by Crippen LogP contribution is 2.15. The summed E-state index contributed by atoms with van der Waals surface area (Å²) in [5.41, 5.74) is 0. The molecular weight excluding hydrogens is 168 g/mol. The number of guanidine groups is 2. The second-order valence-corrected chi connectivity index (χ2v) is 2.93. The topological polar surface area (TPSA) is 80.3 Å². The van der Waals surface area contributed by atoms with E-state index in [-0.39, 0.29) is 5.96 Å². The van der Waals surface area contributed by atoms with Crippen molar-refractivity contribution in [3.05, 3.63) is 12.0 Å². The second-order valence-electron chi connectivity index (χ2n) is 2.93. The maximum absolute atomic E-state index is 7.56. The number of hydrogen-bond donors (Lipinski definition) is 3. The second kappa shape index (κ2) is 2.65. The van der Waals surface area contributed by atoms with E-state index in [0.29, 0.717) is 5.96 Å². The van der Waals surface area contributed by atoms with E-state index in [1.54, 1.807) is 23.0 Å². The third-order valence-electron chi connectivity index (χ3n) is 2.14. The zero-order valence-corrected chi connectivity index (χ0v) is 7.33. The lowest BCUT2D eigenvalue weighted by Crippen LogP contribution is -2.36. The molecule has 0 saturated carbocycles. The molecule has 0 unspecified atom stereocenters. The predicted octanol–water partition coefficient (Wildman–Crippen LogP) is -0.890. The van der Waals surface area contributed by atoms with Crippen LogP contribution in [0.15, 0.2) is 12.0 Å². The first kappa shape index (κ1) is 7.90. The van der Waals surface area contributed by atoms with E-state index >= 15 is 0 Å². The van der Waals surface area contributed by atoms with Crippen LogP contribution >= 0.6 is 0 Å². The van der Waals surface area contributed by atoms with Gasteiger partial charge in [-0.3, -0.25) is 20.6 Å². The molecule has 6 heteroatoms. The molecule has 1 saturated heterocycles. The molecule has 1 fully saturated rings. The lowest BCUT2D eigenvalue weighted by molar-refractivity contribution is 0.432. The van der Waals surface area contributed by atoms with E-state index in [0.717, 1.165) is 18.9 Å². The van der Waals surface area contributed by atoms with Crippen LogP contribution in [0.25, 0.3) is 0 Å². The maximum Gasteiger partial charge on any atom is 0.223 e. The van der Waals surface area contributed by atoms with Gasteiger partial charge in [0.25, 0.3) is 0 Å². The van der Waals surface area contributed by atoms with Gasteiger partial charge < -0.3 is 5.32 Å². The summed E-state index contributed by atoms with van der Waals surface area (Å²) in [4.78, 5) is 3.45. The molecule has 0 amide bonds. The molecular formula is C7H11N6. The molecule has 2 aliphatic rings. The first-order valence-corrected chi connectivity index (χ1v) is 4.03. The van der Waals surface area contributed by atoms with Crippen LogP contribution in [-0.2, 0) is 0 Å². The van der Waals surface area contributed by atoms with Gasteiger partial charge in [0.05, 0.1) is 6.20 Å². The summed E-state index contributed by atoms with van der Waals surface area (Å²) in [5.74, 6) is 1.39. The molecule has 0 aliphatic carbocycles. The minimum Gasteiger partial charge on any atom is -0.354 e. The fraction of sp³-hybridized carbons (Fsp3) is 0.429. The maximum atomic E-state index is 7.56. The van der Waals surface area contributed by atoms with Crippen LogP contribution in [-0.4, -0.2) is 41.9 Å². The Balaban J connectivity index is 2.17. The third-order valence-corrected chi connectivity index (χ3v) is 2.14. The first-order chi connectivity index (χ1) is 6.20. The smallest absolute Gasteiger partial charge is 0.223 e. The largest absolute Gasteiger partial charge is 0.354 e. The number of nitrogens with one attached hydrogen (secondary N) is 3. The monoisotopic (exact) mass is 179 g/mol. The molecule has 6 nitrogen and oxygen atoms in total. The van der Waals surface area contributed by atoms with Gasteiger partial charge in [0.2, 0.25) is 5.96 Å². The summed E-state index contributed by atoms with van der Waals surface area (Å²) >= 11 is 0. The van der Waals surface area contributed by atoms with Crippen molar-refractivity contribution in [1.29, 1.82) is 10.8 Å². The van der Waals surface area contributed by atoms with Crippen molar-refractivity contribution in [2.75, 3.05) is 20.1 Å². The molecule has 1 radical (unpaired) electrons. The minimum absolute atomic E-state index is 0.217. The molecule has 0 atom stereocenters. The zero-order valence-electron chi connectivity index (χ0n) is 7.33. The van der Waals surface area contributed by atoms with E-state index in [4.69, 9.17) is 10.8 Å². The van der Waals surface area contributed by atoms with E-state index in [1.807, 2.05) is 0 Å². The Bertz CT molecular complexity index is 293. The van der Waals surface area contributed by atoms with Crippen LogP contribution in [0.5, 0.6) is 0 Å². The van der Waals surface area contributed by atoms with Crippen molar-refractivity contribution in [2.24, 2.45) is 0 Å². The van der Waals surface area contributed by atoms with Crippen LogP contribution in [0.3, 0.4) is 0 Å². The summed E-state index contributed by atoms with van der Waals surface area (Å²) in [6, 6.07) is 0. The lowest BCUT2D eigenvalue weighted by Gasteiger charge is -2.23. The quantitative estimate of drug-likeness (QED) is 0.488. The average Bonchev–Trinajstić information content (AvgIpc) is 2.62. The van der Waals surface area contributed by atoms with Gasteiger partial charge in [-0.2, -0.15) is 0 Å². The summed E-state index contributed by atoms with van der Waals surface area (Å²) in [5, 5.41) is 21.7. The van der Waals surface area contributed by atoms with Crippen LogP contribution in [0.4, 0.5) is 0 Å². The molecule has 0 aromatic rings. The van der Waals surface area contributed by atoms with Crippen molar-refractivity contribution in [3.63, 3.8) is 0 Å². The highest BCUT2D eigenvalue weighted by molar-refractivity contribution is 5.86. The Labute approximate surface area is 76.2 Å². The number of rotatable bonds is 1. The van der Waals surface area contributed by atoms with E-state index in [9.17, 15) is 0 Å². The molecule has 13 heavy (non-hydrogen) atoms. The highest BCUT2D eigenvalue weighted by atomic mass is 15.5. The van der Waals surface area contributed by atoms with E-state index in [1.165, 1.54) is 0 Å². The Morgan fingerprint density at radius 3 is 2.77 bits per heavy atom. The van der Waals surface area contributed by atoms with Crippen molar-refractivity contribution in [2.45, 2.75) is 0 Å². The highest BCUT2D eigenvalue weighted by Gasteiger charge is 2.28. The Morgan fingerprint density at radius 1 is 1.54 bits per heavy atom.